The van der Waals surface area contributed by atoms with E-state index in [2.05, 4.69) is 0 Å². The van der Waals surface area contributed by atoms with Crippen LogP contribution in [0.2, 0.25) is 0 Å². The number of hydrogen-bond donors (Lipinski definition) is 2. The fourth-order valence-electron chi connectivity index (χ4n) is 1.90. The Morgan fingerprint density at radius 2 is 2.19 bits per heavy atom. The minimum atomic E-state index is -0.878. The lowest BCUT2D eigenvalue weighted by molar-refractivity contribution is 0.0701. The molecule has 0 unspecified atom stereocenters. The molecule has 0 bridgehead atoms. The third-order valence-corrected chi connectivity index (χ3v) is 5.15. The first-order valence-corrected chi connectivity index (χ1v) is 7.13. The van der Waals surface area contributed by atoms with Gasteiger partial charge in [-0.3, -0.25) is 0 Å². The summed E-state index contributed by atoms with van der Waals surface area (Å²) in [7, 11) is 0. The van der Waals surface area contributed by atoms with Crippen molar-refractivity contribution in [3.05, 3.63) is 16.3 Å². The zero-order valence-corrected chi connectivity index (χ0v) is 10.4. The van der Waals surface area contributed by atoms with Crippen molar-refractivity contribution < 1.29 is 15.0 Å². The molecule has 2 N–H and O–H groups in total. The Morgan fingerprint density at radius 1 is 1.50 bits per heavy atom. The molecule has 1 aromatic rings. The number of aromatic carboxylic acids is 1. The Balaban J connectivity index is 1.91. The van der Waals surface area contributed by atoms with Gasteiger partial charge in [-0.05, 0) is 18.9 Å². The van der Waals surface area contributed by atoms with Crippen molar-refractivity contribution in [1.82, 2.24) is 0 Å². The molecule has 0 atom stereocenters. The normalized spacial score (nSPS) is 18.8. The number of carbonyl (C=O) groups is 1. The van der Waals surface area contributed by atoms with Crippen LogP contribution in [-0.4, -0.2) is 27.5 Å². The molecule has 1 heterocycles. The molecule has 2 rings (SSSR count). The van der Waals surface area contributed by atoms with E-state index < -0.39 is 11.6 Å². The number of carboxylic acid groups (broad SMARTS) is 1. The molecule has 5 heteroatoms. The fraction of sp³-hybridized carbons (Fsp3) is 0.545. The molecule has 1 aliphatic carbocycles. The van der Waals surface area contributed by atoms with Crippen molar-refractivity contribution in [2.24, 2.45) is 0 Å². The highest BCUT2D eigenvalue weighted by atomic mass is 32.2. The van der Waals surface area contributed by atoms with Crippen molar-refractivity contribution in [2.75, 3.05) is 5.75 Å². The van der Waals surface area contributed by atoms with E-state index in [1.54, 1.807) is 17.8 Å². The molecule has 88 valence electrons. The Labute approximate surface area is 102 Å². The van der Waals surface area contributed by atoms with Crippen LogP contribution in [0.4, 0.5) is 0 Å². The largest absolute Gasteiger partial charge is 0.477 e. The van der Waals surface area contributed by atoms with Gasteiger partial charge in [-0.25, -0.2) is 4.79 Å². The minimum Gasteiger partial charge on any atom is -0.477 e. The van der Waals surface area contributed by atoms with Crippen LogP contribution >= 0.6 is 23.1 Å². The summed E-state index contributed by atoms with van der Waals surface area (Å²) in [5.41, 5.74) is -0.532. The highest BCUT2D eigenvalue weighted by molar-refractivity contribution is 7.99. The van der Waals surface area contributed by atoms with Gasteiger partial charge in [-0.1, -0.05) is 12.8 Å². The van der Waals surface area contributed by atoms with E-state index in [0.29, 0.717) is 10.6 Å². The summed E-state index contributed by atoms with van der Waals surface area (Å²) in [6.45, 7) is 0. The zero-order valence-electron chi connectivity index (χ0n) is 8.81. The van der Waals surface area contributed by atoms with E-state index >= 15 is 0 Å². The van der Waals surface area contributed by atoms with Gasteiger partial charge in [0.15, 0.2) is 0 Å². The number of thiophene rings is 1. The maximum Gasteiger partial charge on any atom is 0.345 e. The van der Waals surface area contributed by atoms with Crippen molar-refractivity contribution in [1.29, 1.82) is 0 Å². The third kappa shape index (κ3) is 2.78. The summed E-state index contributed by atoms with van der Waals surface area (Å²) >= 11 is 2.79. The molecule has 0 spiro atoms. The molecule has 1 aliphatic rings. The lowest BCUT2D eigenvalue weighted by Crippen LogP contribution is -2.26. The lowest BCUT2D eigenvalue weighted by Gasteiger charge is -2.20. The number of hydrogen-bond acceptors (Lipinski definition) is 4. The molecule has 3 nitrogen and oxygen atoms in total. The van der Waals surface area contributed by atoms with Crippen LogP contribution in [0.15, 0.2) is 16.3 Å². The number of thioether (sulfide) groups is 1. The molecule has 16 heavy (non-hydrogen) atoms. The fourth-order valence-corrected chi connectivity index (χ4v) is 3.93. The van der Waals surface area contributed by atoms with Crippen LogP contribution in [0.1, 0.15) is 35.4 Å². The Kier molecular flexibility index (Phi) is 3.56. The predicted octanol–water partition coefficient (Wildman–Crippen LogP) is 2.84. The zero-order chi connectivity index (χ0) is 11.6. The molecule has 0 saturated heterocycles. The average molecular weight is 258 g/mol. The van der Waals surface area contributed by atoms with Crippen LogP contribution < -0.4 is 0 Å². The molecular weight excluding hydrogens is 244 g/mol. The van der Waals surface area contributed by atoms with E-state index in [9.17, 15) is 9.90 Å². The number of rotatable bonds is 4. The Bertz CT molecular complexity index is 380. The SMILES string of the molecule is O=C(O)c1cc(SCC2(O)CCCC2)cs1. The molecule has 1 saturated carbocycles. The maximum atomic E-state index is 10.7. The average Bonchev–Trinajstić information content (AvgIpc) is 2.84. The summed E-state index contributed by atoms with van der Waals surface area (Å²) in [6, 6.07) is 1.68. The second-order valence-corrected chi connectivity index (χ2v) is 6.13. The lowest BCUT2D eigenvalue weighted by atomic mass is 10.1. The van der Waals surface area contributed by atoms with E-state index in [4.69, 9.17) is 5.11 Å². The van der Waals surface area contributed by atoms with E-state index in [1.807, 2.05) is 5.38 Å². The first-order valence-electron chi connectivity index (χ1n) is 5.26. The van der Waals surface area contributed by atoms with Gasteiger partial charge in [0.05, 0.1) is 5.60 Å². The van der Waals surface area contributed by atoms with Crippen molar-refractivity contribution in [3.63, 3.8) is 0 Å². The smallest absolute Gasteiger partial charge is 0.345 e. The van der Waals surface area contributed by atoms with E-state index in [0.717, 1.165) is 30.6 Å². The van der Waals surface area contributed by atoms with Crippen LogP contribution in [0.3, 0.4) is 0 Å². The van der Waals surface area contributed by atoms with Gasteiger partial charge in [0.25, 0.3) is 0 Å². The summed E-state index contributed by atoms with van der Waals surface area (Å²) in [5, 5.41) is 20.8. The van der Waals surface area contributed by atoms with Crippen LogP contribution in [-0.2, 0) is 0 Å². The van der Waals surface area contributed by atoms with Gasteiger partial charge < -0.3 is 10.2 Å². The first-order chi connectivity index (χ1) is 7.59. The Hall–Kier alpha value is -0.520. The number of carboxylic acids is 1. The van der Waals surface area contributed by atoms with Gasteiger partial charge in [-0.15, -0.1) is 23.1 Å². The van der Waals surface area contributed by atoms with Gasteiger partial charge in [0.1, 0.15) is 4.88 Å². The van der Waals surface area contributed by atoms with Gasteiger partial charge in [0, 0.05) is 16.0 Å². The van der Waals surface area contributed by atoms with Crippen molar-refractivity contribution in [3.8, 4) is 0 Å². The predicted molar refractivity (Wildman–Crippen MR) is 65.4 cm³/mol. The molecule has 1 fully saturated rings. The summed E-state index contributed by atoms with van der Waals surface area (Å²) in [6.07, 6.45) is 3.94. The highest BCUT2D eigenvalue weighted by Gasteiger charge is 2.31. The molecule has 0 amide bonds. The Morgan fingerprint density at radius 3 is 2.75 bits per heavy atom. The van der Waals surface area contributed by atoms with Crippen LogP contribution in [0.5, 0.6) is 0 Å². The van der Waals surface area contributed by atoms with Crippen molar-refractivity contribution >= 4 is 29.1 Å². The second-order valence-electron chi connectivity index (χ2n) is 4.17. The molecule has 1 aromatic heterocycles. The van der Waals surface area contributed by atoms with E-state index in [1.165, 1.54) is 11.3 Å². The van der Waals surface area contributed by atoms with Gasteiger partial charge in [0.2, 0.25) is 0 Å². The van der Waals surface area contributed by atoms with E-state index in [-0.39, 0.29) is 0 Å². The quantitative estimate of drug-likeness (QED) is 0.815. The van der Waals surface area contributed by atoms with Crippen LogP contribution in [0, 0.1) is 0 Å². The van der Waals surface area contributed by atoms with Crippen molar-refractivity contribution in [2.45, 2.75) is 36.2 Å². The minimum absolute atomic E-state index is 0.362. The standard InChI is InChI=1S/C11H14O3S2/c12-10(13)9-5-8(6-15-9)16-7-11(14)3-1-2-4-11/h5-6,14H,1-4,7H2,(H,12,13). The first kappa shape index (κ1) is 12.0. The van der Waals surface area contributed by atoms with Gasteiger partial charge >= 0.3 is 5.97 Å². The molecule has 0 aromatic carbocycles. The second kappa shape index (κ2) is 4.77. The highest BCUT2D eigenvalue weighted by Crippen LogP contribution is 2.35. The summed E-state index contributed by atoms with van der Waals surface area (Å²) in [4.78, 5) is 12.0. The molecule has 0 radical (unpaired) electrons. The van der Waals surface area contributed by atoms with Crippen LogP contribution in [0.25, 0.3) is 0 Å². The molecular formula is C11H14O3S2. The molecule has 0 aliphatic heterocycles. The number of aliphatic hydroxyl groups is 1. The maximum absolute atomic E-state index is 10.7. The topological polar surface area (TPSA) is 57.5 Å². The summed E-state index contributed by atoms with van der Waals surface area (Å²) < 4.78 is 0. The monoisotopic (exact) mass is 258 g/mol. The summed E-state index contributed by atoms with van der Waals surface area (Å²) in [5.74, 6) is -0.209. The third-order valence-electron chi connectivity index (χ3n) is 2.83. The van der Waals surface area contributed by atoms with Gasteiger partial charge in [-0.2, -0.15) is 0 Å².